The first kappa shape index (κ1) is 22.7. The van der Waals surface area contributed by atoms with Gasteiger partial charge in [-0.15, -0.1) is 0 Å². The van der Waals surface area contributed by atoms with Gasteiger partial charge >= 0.3 is 0 Å². The molecule has 0 bridgehead atoms. The predicted molar refractivity (Wildman–Crippen MR) is 123 cm³/mol. The van der Waals surface area contributed by atoms with Gasteiger partial charge in [-0.25, -0.2) is 4.98 Å². The highest BCUT2D eigenvalue weighted by Crippen LogP contribution is 2.30. The number of likely N-dealkylation sites (tertiary alicyclic amines) is 2. The van der Waals surface area contributed by atoms with Gasteiger partial charge in [0.15, 0.2) is 0 Å². The molecule has 2 atom stereocenters. The zero-order valence-corrected chi connectivity index (χ0v) is 19.4. The van der Waals surface area contributed by atoms with Crippen molar-refractivity contribution in [1.82, 2.24) is 19.8 Å². The summed E-state index contributed by atoms with van der Waals surface area (Å²) in [6, 6.07) is 1.61. The van der Waals surface area contributed by atoms with Gasteiger partial charge in [-0.05, 0) is 44.4 Å². The van der Waals surface area contributed by atoms with Crippen molar-refractivity contribution in [2.24, 2.45) is 11.8 Å². The van der Waals surface area contributed by atoms with Crippen LogP contribution in [0.1, 0.15) is 82.1 Å². The highest BCUT2D eigenvalue weighted by Gasteiger charge is 2.30. The molecule has 32 heavy (non-hydrogen) atoms. The van der Waals surface area contributed by atoms with Crippen LogP contribution >= 0.6 is 0 Å². The van der Waals surface area contributed by atoms with Crippen molar-refractivity contribution in [2.45, 2.75) is 70.6 Å². The lowest BCUT2D eigenvalue weighted by atomic mass is 9.92. The Kier molecular flexibility index (Phi) is 7.11. The van der Waals surface area contributed by atoms with Crippen molar-refractivity contribution >= 4 is 11.8 Å². The van der Waals surface area contributed by atoms with Gasteiger partial charge in [-0.1, -0.05) is 26.0 Å². The fourth-order valence-electron chi connectivity index (χ4n) is 5.30. The summed E-state index contributed by atoms with van der Waals surface area (Å²) < 4.78 is 0. The molecule has 2 saturated heterocycles. The van der Waals surface area contributed by atoms with E-state index in [1.807, 2.05) is 23.6 Å². The molecule has 2 aliphatic heterocycles. The predicted octanol–water partition coefficient (Wildman–Crippen LogP) is 3.19. The van der Waals surface area contributed by atoms with Crippen LogP contribution in [0.15, 0.2) is 23.0 Å². The van der Waals surface area contributed by atoms with Gasteiger partial charge in [0.05, 0.1) is 5.69 Å². The molecule has 1 aromatic rings. The molecular weight excluding hydrogens is 404 g/mol. The van der Waals surface area contributed by atoms with E-state index < -0.39 is 0 Å². The van der Waals surface area contributed by atoms with E-state index in [2.05, 4.69) is 17.1 Å². The number of H-pyrrole nitrogens is 1. The molecule has 0 spiro atoms. The lowest BCUT2D eigenvalue weighted by Crippen LogP contribution is -2.41. The van der Waals surface area contributed by atoms with Gasteiger partial charge in [0.2, 0.25) is 11.8 Å². The van der Waals surface area contributed by atoms with Crippen LogP contribution in [-0.4, -0.2) is 57.8 Å². The van der Waals surface area contributed by atoms with E-state index in [4.69, 9.17) is 4.98 Å². The molecule has 1 aromatic heterocycles. The average Bonchev–Trinajstić information content (AvgIpc) is 3.31. The van der Waals surface area contributed by atoms with Crippen LogP contribution in [0, 0.1) is 11.8 Å². The van der Waals surface area contributed by atoms with Crippen LogP contribution in [0.5, 0.6) is 0 Å². The molecule has 2 amide bonds. The minimum atomic E-state index is -0.120. The molecule has 1 N–H and O–H groups in total. The highest BCUT2D eigenvalue weighted by molar-refractivity contribution is 5.78. The number of amides is 2. The van der Waals surface area contributed by atoms with Crippen LogP contribution in [0.2, 0.25) is 0 Å². The smallest absolute Gasteiger partial charge is 0.251 e. The van der Waals surface area contributed by atoms with Crippen molar-refractivity contribution in [3.05, 3.63) is 40.1 Å². The number of piperidine rings is 2. The summed E-state index contributed by atoms with van der Waals surface area (Å²) in [6.45, 7) is 6.71. The van der Waals surface area contributed by atoms with Crippen molar-refractivity contribution in [3.8, 4) is 0 Å². The second-order valence-electron chi connectivity index (χ2n) is 9.96. The fourth-order valence-corrected chi connectivity index (χ4v) is 5.30. The summed E-state index contributed by atoms with van der Waals surface area (Å²) in [7, 11) is 0. The molecule has 7 nitrogen and oxygen atoms in total. The number of aromatic nitrogens is 2. The van der Waals surface area contributed by atoms with E-state index in [1.54, 1.807) is 6.07 Å². The third kappa shape index (κ3) is 5.30. The number of allylic oxidation sites excluding steroid dienone is 2. The third-order valence-electron chi connectivity index (χ3n) is 7.21. The van der Waals surface area contributed by atoms with Crippen molar-refractivity contribution in [2.75, 3.05) is 26.2 Å². The van der Waals surface area contributed by atoms with E-state index in [-0.39, 0.29) is 35.1 Å². The molecular formula is C25H36N4O3. The minimum Gasteiger partial charge on any atom is -0.342 e. The van der Waals surface area contributed by atoms with E-state index in [9.17, 15) is 14.4 Å². The summed E-state index contributed by atoms with van der Waals surface area (Å²) in [6.07, 6.45) is 10.6. The summed E-state index contributed by atoms with van der Waals surface area (Å²) in [5, 5.41) is 0. The molecule has 0 unspecified atom stereocenters. The van der Waals surface area contributed by atoms with Gasteiger partial charge in [-0.3, -0.25) is 14.4 Å². The SMILES string of the molecule is CC(C)C(=O)N1CCC(c2nc([C@@H]3CCCN(C(=O)C[C@@H]4C=CCC4)C3)cc(=O)[nH]2)CC1. The number of nitrogens with zero attached hydrogens (tertiary/aromatic N) is 3. The molecule has 4 rings (SSSR count). The van der Waals surface area contributed by atoms with Gasteiger partial charge in [0.25, 0.3) is 5.56 Å². The Morgan fingerprint density at radius 1 is 1.09 bits per heavy atom. The number of carbonyl (C=O) groups excluding carboxylic acids is 2. The van der Waals surface area contributed by atoms with Gasteiger partial charge < -0.3 is 14.8 Å². The number of hydrogen-bond donors (Lipinski definition) is 1. The Balaban J connectivity index is 1.41. The molecule has 3 aliphatic rings. The first-order chi connectivity index (χ1) is 15.4. The van der Waals surface area contributed by atoms with E-state index >= 15 is 0 Å². The summed E-state index contributed by atoms with van der Waals surface area (Å²) in [5.74, 6) is 1.81. The standard InChI is InChI=1S/C25H36N4O3/c1-17(2)25(32)28-12-9-19(10-13-28)24-26-21(15-22(30)27-24)20-8-5-11-29(16-20)23(31)14-18-6-3-4-7-18/h3,6,15,17-20H,4-5,7-14,16H2,1-2H3,(H,26,27,30)/t18-,20-/m1/s1. The Labute approximate surface area is 190 Å². The lowest BCUT2D eigenvalue weighted by molar-refractivity contribution is -0.135. The Bertz CT molecular complexity index is 914. The number of aromatic amines is 1. The average molecular weight is 441 g/mol. The zero-order valence-electron chi connectivity index (χ0n) is 19.4. The van der Waals surface area contributed by atoms with Crippen LogP contribution in [0.3, 0.4) is 0 Å². The van der Waals surface area contributed by atoms with Gasteiger partial charge in [0.1, 0.15) is 5.82 Å². The molecule has 0 aromatic carbocycles. The Morgan fingerprint density at radius 3 is 2.56 bits per heavy atom. The second-order valence-corrected chi connectivity index (χ2v) is 9.96. The monoisotopic (exact) mass is 440 g/mol. The number of carbonyl (C=O) groups is 2. The van der Waals surface area contributed by atoms with Crippen LogP contribution in [0.4, 0.5) is 0 Å². The quantitative estimate of drug-likeness (QED) is 0.713. The molecule has 174 valence electrons. The maximum Gasteiger partial charge on any atom is 0.251 e. The first-order valence-corrected chi connectivity index (χ1v) is 12.2. The maximum absolute atomic E-state index is 12.8. The van der Waals surface area contributed by atoms with E-state index in [1.165, 1.54) is 0 Å². The molecule has 3 heterocycles. The molecule has 1 aliphatic carbocycles. The molecule has 0 saturated carbocycles. The normalized spacial score (nSPS) is 24.3. The topological polar surface area (TPSA) is 86.4 Å². The van der Waals surface area contributed by atoms with Gasteiger partial charge in [0, 0.05) is 56.4 Å². The lowest BCUT2D eigenvalue weighted by Gasteiger charge is -2.34. The van der Waals surface area contributed by atoms with Crippen molar-refractivity contribution in [1.29, 1.82) is 0 Å². The second kappa shape index (κ2) is 10.0. The summed E-state index contributed by atoms with van der Waals surface area (Å²) in [5.41, 5.74) is 0.688. The van der Waals surface area contributed by atoms with E-state index in [0.717, 1.165) is 56.6 Å². The van der Waals surface area contributed by atoms with E-state index in [0.29, 0.717) is 32.0 Å². The minimum absolute atomic E-state index is 0.00876. The fraction of sp³-hybridized carbons (Fsp3) is 0.680. The number of nitrogens with one attached hydrogen (secondary N) is 1. The number of rotatable bonds is 5. The third-order valence-corrected chi connectivity index (χ3v) is 7.21. The zero-order chi connectivity index (χ0) is 22.7. The largest absolute Gasteiger partial charge is 0.342 e. The molecule has 2 fully saturated rings. The number of hydrogen-bond acceptors (Lipinski definition) is 4. The van der Waals surface area contributed by atoms with Crippen LogP contribution < -0.4 is 5.56 Å². The van der Waals surface area contributed by atoms with Crippen LogP contribution in [0.25, 0.3) is 0 Å². The summed E-state index contributed by atoms with van der Waals surface area (Å²) in [4.78, 5) is 49.3. The molecule has 0 radical (unpaired) electrons. The summed E-state index contributed by atoms with van der Waals surface area (Å²) >= 11 is 0. The first-order valence-electron chi connectivity index (χ1n) is 12.2. The van der Waals surface area contributed by atoms with Gasteiger partial charge in [-0.2, -0.15) is 0 Å². The van der Waals surface area contributed by atoms with Crippen molar-refractivity contribution < 1.29 is 9.59 Å². The Hall–Kier alpha value is -2.44. The van der Waals surface area contributed by atoms with Crippen LogP contribution in [-0.2, 0) is 9.59 Å². The maximum atomic E-state index is 12.8. The molecule has 7 heteroatoms. The highest BCUT2D eigenvalue weighted by atomic mass is 16.2. The Morgan fingerprint density at radius 2 is 1.88 bits per heavy atom. The van der Waals surface area contributed by atoms with Crippen molar-refractivity contribution in [3.63, 3.8) is 0 Å².